The van der Waals surface area contributed by atoms with Crippen LogP contribution in [0.4, 0.5) is 5.82 Å². The summed E-state index contributed by atoms with van der Waals surface area (Å²) in [6.45, 7) is 8.15. The molecule has 148 valence electrons. The Morgan fingerprint density at radius 2 is 1.93 bits per heavy atom. The molecule has 0 radical (unpaired) electrons. The molecule has 0 N–H and O–H groups in total. The molecule has 0 saturated carbocycles. The van der Waals surface area contributed by atoms with Crippen LogP contribution in [-0.4, -0.2) is 51.7 Å². The summed E-state index contributed by atoms with van der Waals surface area (Å²) in [6, 6.07) is 9.46. The van der Waals surface area contributed by atoms with Crippen molar-refractivity contribution >= 4 is 11.7 Å². The third-order valence-electron chi connectivity index (χ3n) is 5.28. The van der Waals surface area contributed by atoms with Crippen LogP contribution in [0, 0.1) is 32.1 Å². The minimum atomic E-state index is 0.00532. The fourth-order valence-corrected chi connectivity index (χ4v) is 3.82. The zero-order valence-corrected chi connectivity index (χ0v) is 16.7. The number of piperazine rings is 1. The number of nitriles is 1. The van der Waals surface area contributed by atoms with Gasteiger partial charge in [-0.15, -0.1) is 0 Å². The first kappa shape index (κ1) is 18.7. The number of rotatable bonds is 3. The van der Waals surface area contributed by atoms with E-state index in [1.54, 1.807) is 18.3 Å². The molecule has 1 saturated heterocycles. The maximum absolute atomic E-state index is 13.2. The van der Waals surface area contributed by atoms with Gasteiger partial charge in [0.05, 0.1) is 11.1 Å². The Morgan fingerprint density at radius 3 is 2.59 bits per heavy atom. The highest BCUT2D eigenvalue weighted by Gasteiger charge is 2.27. The van der Waals surface area contributed by atoms with Crippen molar-refractivity contribution in [1.82, 2.24) is 19.6 Å². The van der Waals surface area contributed by atoms with E-state index >= 15 is 0 Å². The van der Waals surface area contributed by atoms with Crippen molar-refractivity contribution < 1.29 is 9.32 Å². The van der Waals surface area contributed by atoms with E-state index in [9.17, 15) is 10.1 Å². The van der Waals surface area contributed by atoms with Crippen molar-refractivity contribution in [3.05, 3.63) is 58.7 Å². The predicted octanol–water partition coefficient (Wildman–Crippen LogP) is 2.62. The molecular weight excluding hydrogens is 368 g/mol. The molecule has 1 aliphatic heterocycles. The summed E-state index contributed by atoms with van der Waals surface area (Å²) >= 11 is 0. The van der Waals surface area contributed by atoms with Gasteiger partial charge in [0.2, 0.25) is 0 Å². The van der Waals surface area contributed by atoms with Crippen LogP contribution in [0.2, 0.25) is 0 Å². The van der Waals surface area contributed by atoms with Crippen molar-refractivity contribution in [2.45, 2.75) is 20.8 Å². The first-order chi connectivity index (χ1) is 14.0. The van der Waals surface area contributed by atoms with Gasteiger partial charge in [0.1, 0.15) is 17.6 Å². The molecule has 1 fully saturated rings. The summed E-state index contributed by atoms with van der Waals surface area (Å²) in [5.41, 5.74) is 3.01. The quantitative estimate of drug-likeness (QED) is 0.683. The van der Waals surface area contributed by atoms with Gasteiger partial charge < -0.3 is 14.3 Å². The molecule has 4 rings (SSSR count). The number of hydrogen-bond donors (Lipinski definition) is 0. The number of amides is 1. The van der Waals surface area contributed by atoms with E-state index < -0.39 is 0 Å². The van der Waals surface area contributed by atoms with Crippen LogP contribution in [0.25, 0.3) is 5.82 Å². The molecule has 29 heavy (non-hydrogen) atoms. The smallest absolute Gasteiger partial charge is 0.255 e. The van der Waals surface area contributed by atoms with E-state index in [1.807, 2.05) is 42.4 Å². The van der Waals surface area contributed by atoms with E-state index in [0.29, 0.717) is 48.9 Å². The van der Waals surface area contributed by atoms with Crippen molar-refractivity contribution in [1.29, 1.82) is 5.26 Å². The molecule has 0 aromatic carbocycles. The van der Waals surface area contributed by atoms with Gasteiger partial charge in [-0.3, -0.25) is 9.36 Å². The Hall–Kier alpha value is -3.60. The van der Waals surface area contributed by atoms with Crippen LogP contribution in [0.3, 0.4) is 0 Å². The molecule has 0 spiro atoms. The summed E-state index contributed by atoms with van der Waals surface area (Å²) in [5, 5.41) is 13.4. The second-order valence-electron chi connectivity index (χ2n) is 7.18. The number of aryl methyl sites for hydroxylation is 2. The van der Waals surface area contributed by atoms with Crippen LogP contribution in [0.1, 0.15) is 33.1 Å². The number of carbonyl (C=O) groups excluding carboxylic acids is 1. The lowest BCUT2D eigenvalue weighted by atomic mass is 10.2. The molecule has 3 aromatic rings. The molecule has 8 heteroatoms. The highest BCUT2D eigenvalue weighted by molar-refractivity contribution is 5.96. The molecule has 0 atom stereocenters. The Morgan fingerprint density at radius 1 is 1.17 bits per heavy atom. The first-order valence-corrected chi connectivity index (χ1v) is 9.51. The van der Waals surface area contributed by atoms with E-state index in [-0.39, 0.29) is 5.91 Å². The van der Waals surface area contributed by atoms with Gasteiger partial charge in [-0.1, -0.05) is 5.16 Å². The third kappa shape index (κ3) is 3.36. The van der Waals surface area contributed by atoms with Crippen molar-refractivity contribution in [2.24, 2.45) is 0 Å². The fraction of sp³-hybridized carbons (Fsp3) is 0.333. The summed E-state index contributed by atoms with van der Waals surface area (Å²) in [7, 11) is 0. The topological polar surface area (TPSA) is 91.2 Å². The molecule has 0 aliphatic carbocycles. The Balaban J connectivity index is 1.51. The highest BCUT2D eigenvalue weighted by atomic mass is 16.5. The van der Waals surface area contributed by atoms with Crippen molar-refractivity contribution in [2.75, 3.05) is 31.1 Å². The number of hydrogen-bond acceptors (Lipinski definition) is 6. The van der Waals surface area contributed by atoms with Gasteiger partial charge in [-0.05, 0) is 39.0 Å². The van der Waals surface area contributed by atoms with E-state index in [0.717, 1.165) is 17.1 Å². The van der Waals surface area contributed by atoms with Gasteiger partial charge in [0.25, 0.3) is 5.91 Å². The van der Waals surface area contributed by atoms with Crippen LogP contribution in [0.15, 0.2) is 35.0 Å². The predicted molar refractivity (Wildman–Crippen MR) is 107 cm³/mol. The lowest BCUT2D eigenvalue weighted by molar-refractivity contribution is 0.0746. The minimum absolute atomic E-state index is 0.00532. The molecule has 1 amide bonds. The summed E-state index contributed by atoms with van der Waals surface area (Å²) in [6.07, 6.45) is 1.69. The van der Waals surface area contributed by atoms with E-state index in [2.05, 4.69) is 21.1 Å². The molecular formula is C21H22N6O2. The maximum atomic E-state index is 13.2. The second-order valence-corrected chi connectivity index (χ2v) is 7.18. The average Bonchev–Trinajstić information content (AvgIpc) is 3.29. The summed E-state index contributed by atoms with van der Waals surface area (Å²) in [5.74, 6) is 2.09. The van der Waals surface area contributed by atoms with Gasteiger partial charge in [0.15, 0.2) is 5.82 Å². The second kappa shape index (κ2) is 7.43. The van der Waals surface area contributed by atoms with Crippen molar-refractivity contribution in [3.8, 4) is 11.9 Å². The number of pyridine rings is 1. The lowest BCUT2D eigenvalue weighted by Gasteiger charge is -2.35. The maximum Gasteiger partial charge on any atom is 0.255 e. The number of carbonyl (C=O) groups is 1. The van der Waals surface area contributed by atoms with Gasteiger partial charge in [0, 0.05) is 49.8 Å². The standard InChI is InChI=1S/C21H22N6O2/c1-14-11-18(16(3)27(14)19-12-15(2)29-24-19)21(28)26-9-7-25(8-10-26)20-17(13-22)5-4-6-23-20/h4-6,11-12H,7-10H2,1-3H3. The summed E-state index contributed by atoms with van der Waals surface area (Å²) in [4.78, 5) is 21.4. The van der Waals surface area contributed by atoms with Crippen LogP contribution >= 0.6 is 0 Å². The molecule has 3 aromatic heterocycles. The third-order valence-corrected chi connectivity index (χ3v) is 5.28. The number of nitrogens with zero attached hydrogens (tertiary/aromatic N) is 6. The fourth-order valence-electron chi connectivity index (χ4n) is 3.82. The Labute approximate surface area is 169 Å². The molecule has 0 unspecified atom stereocenters. The van der Waals surface area contributed by atoms with Gasteiger partial charge >= 0.3 is 0 Å². The molecule has 8 nitrogen and oxygen atoms in total. The first-order valence-electron chi connectivity index (χ1n) is 9.51. The van der Waals surface area contributed by atoms with Gasteiger partial charge in [-0.25, -0.2) is 4.98 Å². The van der Waals surface area contributed by atoms with Crippen LogP contribution < -0.4 is 4.90 Å². The molecule has 4 heterocycles. The minimum Gasteiger partial charge on any atom is -0.360 e. The normalized spacial score (nSPS) is 14.1. The van der Waals surface area contributed by atoms with Gasteiger partial charge in [-0.2, -0.15) is 5.26 Å². The highest BCUT2D eigenvalue weighted by Crippen LogP contribution is 2.23. The van der Waals surface area contributed by atoms with Crippen LogP contribution in [-0.2, 0) is 0 Å². The number of aromatic nitrogens is 3. The Bertz CT molecular complexity index is 1100. The molecule has 1 aliphatic rings. The number of anilines is 1. The largest absolute Gasteiger partial charge is 0.360 e. The summed E-state index contributed by atoms with van der Waals surface area (Å²) < 4.78 is 7.12. The van der Waals surface area contributed by atoms with E-state index in [4.69, 9.17) is 4.52 Å². The van der Waals surface area contributed by atoms with E-state index in [1.165, 1.54) is 0 Å². The van der Waals surface area contributed by atoms with Crippen molar-refractivity contribution in [3.63, 3.8) is 0 Å². The zero-order valence-electron chi connectivity index (χ0n) is 16.7. The zero-order chi connectivity index (χ0) is 20.5. The monoisotopic (exact) mass is 390 g/mol. The SMILES string of the molecule is Cc1cc(-n2c(C)cc(C(=O)N3CCN(c4ncccc4C#N)CC3)c2C)no1. The lowest BCUT2D eigenvalue weighted by Crippen LogP contribution is -2.49. The Kier molecular flexibility index (Phi) is 4.80. The van der Waals surface area contributed by atoms with Crippen LogP contribution in [0.5, 0.6) is 0 Å². The molecule has 0 bridgehead atoms. The average molecular weight is 390 g/mol.